The van der Waals surface area contributed by atoms with Crippen molar-refractivity contribution in [2.45, 2.75) is 12.7 Å². The summed E-state index contributed by atoms with van der Waals surface area (Å²) in [6.07, 6.45) is -3.38. The van der Waals surface area contributed by atoms with Crippen molar-refractivity contribution in [3.05, 3.63) is 59.4 Å². The number of nitrogen functional groups attached to an aromatic ring is 1. The van der Waals surface area contributed by atoms with E-state index in [1.165, 1.54) is 18.5 Å². The third kappa shape index (κ3) is 5.84. The number of carbonyl (C=O) groups excluding carboxylic acids is 2. The Morgan fingerprint density at radius 1 is 1.09 bits per heavy atom. The minimum Gasteiger partial charge on any atom is -0.398 e. The zero-order valence-corrected chi connectivity index (χ0v) is 18.1. The first-order valence-electron chi connectivity index (χ1n) is 10.4. The van der Waals surface area contributed by atoms with E-state index in [9.17, 15) is 22.8 Å². The molecule has 2 aromatic heterocycles. The van der Waals surface area contributed by atoms with Crippen LogP contribution in [0.15, 0.2) is 41.2 Å². The molecule has 1 aliphatic heterocycles. The number of nitrogens with one attached hydrogen (secondary N) is 2. The van der Waals surface area contributed by atoms with E-state index in [-0.39, 0.29) is 29.4 Å². The smallest absolute Gasteiger partial charge is 0.398 e. The van der Waals surface area contributed by atoms with E-state index in [1.54, 1.807) is 6.07 Å². The summed E-state index contributed by atoms with van der Waals surface area (Å²) in [4.78, 5) is 35.0. The van der Waals surface area contributed by atoms with Crippen molar-refractivity contribution in [2.24, 2.45) is 0 Å². The zero-order chi connectivity index (χ0) is 25.0. The van der Waals surface area contributed by atoms with Crippen molar-refractivity contribution in [1.29, 1.82) is 0 Å². The summed E-state index contributed by atoms with van der Waals surface area (Å²) < 4.78 is 49.3. The van der Waals surface area contributed by atoms with Gasteiger partial charge in [-0.3, -0.25) is 9.59 Å². The van der Waals surface area contributed by atoms with Gasteiger partial charge in [0.25, 0.3) is 11.8 Å². The van der Waals surface area contributed by atoms with Crippen LogP contribution < -0.4 is 21.3 Å². The van der Waals surface area contributed by atoms with Gasteiger partial charge < -0.3 is 30.5 Å². The van der Waals surface area contributed by atoms with Crippen LogP contribution in [-0.4, -0.2) is 53.2 Å². The van der Waals surface area contributed by atoms with Crippen LogP contribution in [0.4, 0.5) is 30.4 Å². The number of aromatic nitrogens is 3. The number of morpholine rings is 1. The van der Waals surface area contributed by atoms with E-state index in [0.29, 0.717) is 32.1 Å². The number of hydrogen-bond donors (Lipinski definition) is 3. The van der Waals surface area contributed by atoms with Gasteiger partial charge in [0.15, 0.2) is 0 Å². The van der Waals surface area contributed by atoms with Crippen LogP contribution in [0.1, 0.15) is 32.3 Å². The molecule has 1 fully saturated rings. The third-order valence-corrected chi connectivity index (χ3v) is 5.05. The fraction of sp³-hybridized carbons (Fsp3) is 0.286. The maximum absolute atomic E-state index is 13.0. The van der Waals surface area contributed by atoms with Gasteiger partial charge in [0, 0.05) is 36.6 Å². The summed E-state index contributed by atoms with van der Waals surface area (Å²) in [5, 5.41) is 8.61. The molecule has 0 spiro atoms. The van der Waals surface area contributed by atoms with Crippen molar-refractivity contribution >= 4 is 29.0 Å². The molecule has 14 heteroatoms. The van der Waals surface area contributed by atoms with Crippen LogP contribution in [0, 0.1) is 0 Å². The molecule has 0 saturated carbocycles. The van der Waals surface area contributed by atoms with Gasteiger partial charge in [0.2, 0.25) is 5.76 Å². The Hall–Kier alpha value is -4.20. The molecule has 3 heterocycles. The SMILES string of the molecule is Nc1ccc(NC(=O)c2cc(CNC(=O)c3cc(N4CCOCC4)ncn3)no2)cc1C(F)(F)F. The van der Waals surface area contributed by atoms with Crippen LogP contribution in [0.5, 0.6) is 0 Å². The maximum atomic E-state index is 13.0. The van der Waals surface area contributed by atoms with Gasteiger partial charge in [0.1, 0.15) is 23.5 Å². The molecule has 1 aromatic carbocycles. The number of carbonyl (C=O) groups is 2. The molecule has 11 nitrogen and oxygen atoms in total. The molecular formula is C21H20F3N7O4. The maximum Gasteiger partial charge on any atom is 0.418 e. The monoisotopic (exact) mass is 491 g/mol. The lowest BCUT2D eigenvalue weighted by molar-refractivity contribution is -0.136. The minimum atomic E-state index is -4.67. The fourth-order valence-electron chi connectivity index (χ4n) is 3.27. The number of benzene rings is 1. The number of nitrogens with zero attached hydrogens (tertiary/aromatic N) is 4. The number of anilines is 3. The Morgan fingerprint density at radius 2 is 1.86 bits per heavy atom. The van der Waals surface area contributed by atoms with Crippen LogP contribution in [0.25, 0.3) is 0 Å². The zero-order valence-electron chi connectivity index (χ0n) is 18.1. The first-order valence-corrected chi connectivity index (χ1v) is 10.4. The number of hydrogen-bond acceptors (Lipinski definition) is 9. The standard InChI is InChI=1S/C21H20F3N7O4/c22-21(23,24)14-7-12(1-2-15(14)25)29-20(33)17-8-13(30-35-17)10-26-19(32)16-9-18(28-11-27-16)31-3-5-34-6-4-31/h1-2,7-9,11H,3-6,10,25H2,(H,26,32)(H,29,33). The predicted molar refractivity (Wildman–Crippen MR) is 117 cm³/mol. The van der Waals surface area contributed by atoms with Crippen LogP contribution in [0.2, 0.25) is 0 Å². The number of nitrogens with two attached hydrogens (primary N) is 1. The largest absolute Gasteiger partial charge is 0.418 e. The van der Waals surface area contributed by atoms with Crippen molar-refractivity contribution in [1.82, 2.24) is 20.4 Å². The summed E-state index contributed by atoms with van der Waals surface area (Å²) in [7, 11) is 0. The van der Waals surface area contributed by atoms with Crippen LogP contribution in [-0.2, 0) is 17.5 Å². The molecular weight excluding hydrogens is 471 g/mol. The van der Waals surface area contributed by atoms with Crippen molar-refractivity contribution < 1.29 is 32.0 Å². The molecule has 0 bridgehead atoms. The average molecular weight is 491 g/mol. The van der Waals surface area contributed by atoms with Crippen molar-refractivity contribution in [3.8, 4) is 0 Å². The molecule has 1 saturated heterocycles. The average Bonchev–Trinajstić information content (AvgIpc) is 3.33. The molecule has 2 amide bonds. The molecule has 184 valence electrons. The highest BCUT2D eigenvalue weighted by atomic mass is 19.4. The number of halogens is 3. The summed E-state index contributed by atoms with van der Waals surface area (Å²) in [6, 6.07) is 5.81. The number of alkyl halides is 3. The lowest BCUT2D eigenvalue weighted by Gasteiger charge is -2.27. The number of amides is 2. The normalized spacial score (nSPS) is 14.0. The van der Waals surface area contributed by atoms with E-state index in [4.69, 9.17) is 15.0 Å². The Kier molecular flexibility index (Phi) is 6.82. The molecule has 0 aliphatic carbocycles. The number of ether oxygens (including phenoxy) is 1. The van der Waals surface area contributed by atoms with Crippen LogP contribution in [0.3, 0.4) is 0 Å². The summed E-state index contributed by atoms with van der Waals surface area (Å²) in [6.45, 7) is 2.35. The molecule has 4 N–H and O–H groups in total. The molecule has 1 aliphatic rings. The van der Waals surface area contributed by atoms with Gasteiger partial charge in [-0.15, -0.1) is 0 Å². The van der Waals surface area contributed by atoms with Gasteiger partial charge in [-0.05, 0) is 18.2 Å². The van der Waals surface area contributed by atoms with Crippen molar-refractivity contribution in [2.75, 3.05) is 42.3 Å². The van der Waals surface area contributed by atoms with E-state index in [1.807, 2.05) is 4.90 Å². The van der Waals surface area contributed by atoms with E-state index >= 15 is 0 Å². The highest BCUT2D eigenvalue weighted by molar-refractivity contribution is 6.02. The first-order chi connectivity index (χ1) is 16.7. The molecule has 4 rings (SSSR count). The van der Waals surface area contributed by atoms with Crippen molar-refractivity contribution in [3.63, 3.8) is 0 Å². The second-order valence-electron chi connectivity index (χ2n) is 7.48. The predicted octanol–water partition coefficient (Wildman–Crippen LogP) is 2.08. The van der Waals surface area contributed by atoms with Gasteiger partial charge in [0.05, 0.1) is 25.3 Å². The Labute approximate surface area is 196 Å². The molecule has 0 unspecified atom stereocenters. The second kappa shape index (κ2) is 9.97. The topological polar surface area (TPSA) is 148 Å². The summed E-state index contributed by atoms with van der Waals surface area (Å²) in [5.41, 5.74) is 4.06. The molecule has 35 heavy (non-hydrogen) atoms. The van der Waals surface area contributed by atoms with E-state index in [2.05, 4.69) is 25.8 Å². The summed E-state index contributed by atoms with van der Waals surface area (Å²) in [5.74, 6) is -0.960. The van der Waals surface area contributed by atoms with Gasteiger partial charge in [-0.25, -0.2) is 9.97 Å². The quantitative estimate of drug-likeness (QED) is 0.441. The Morgan fingerprint density at radius 3 is 2.60 bits per heavy atom. The first kappa shape index (κ1) is 23.9. The lowest BCUT2D eigenvalue weighted by Crippen LogP contribution is -2.37. The Bertz CT molecular complexity index is 1230. The number of rotatable bonds is 6. The molecule has 0 radical (unpaired) electrons. The van der Waals surface area contributed by atoms with Gasteiger partial charge >= 0.3 is 6.18 Å². The minimum absolute atomic E-state index is 0.0768. The Balaban J connectivity index is 1.35. The molecule has 0 atom stereocenters. The third-order valence-electron chi connectivity index (χ3n) is 5.05. The highest BCUT2D eigenvalue weighted by Gasteiger charge is 2.33. The highest BCUT2D eigenvalue weighted by Crippen LogP contribution is 2.35. The summed E-state index contributed by atoms with van der Waals surface area (Å²) >= 11 is 0. The van der Waals surface area contributed by atoms with E-state index in [0.717, 1.165) is 12.1 Å². The van der Waals surface area contributed by atoms with Gasteiger partial charge in [-0.1, -0.05) is 5.16 Å². The molecule has 3 aromatic rings. The fourth-order valence-corrected chi connectivity index (χ4v) is 3.27. The van der Waals surface area contributed by atoms with Crippen LogP contribution >= 0.6 is 0 Å². The van der Waals surface area contributed by atoms with Gasteiger partial charge in [-0.2, -0.15) is 13.2 Å². The lowest BCUT2D eigenvalue weighted by atomic mass is 10.1. The van der Waals surface area contributed by atoms with E-state index < -0.39 is 29.2 Å². The second-order valence-corrected chi connectivity index (χ2v) is 7.48.